The van der Waals surface area contributed by atoms with Gasteiger partial charge in [0, 0.05) is 24.1 Å². The number of nitro groups is 1. The molecule has 7 heteroatoms. The Morgan fingerprint density at radius 1 is 1.53 bits per heavy atom. The molecule has 0 unspecified atom stereocenters. The predicted molar refractivity (Wildman–Crippen MR) is 63.4 cm³/mol. The largest absolute Gasteiger partial charge is 0.393 e. The summed E-state index contributed by atoms with van der Waals surface area (Å²) in [4.78, 5) is 17.0. The van der Waals surface area contributed by atoms with Crippen LogP contribution >= 0.6 is 0 Å². The molecule has 0 saturated heterocycles. The number of rotatable bonds is 4. The summed E-state index contributed by atoms with van der Waals surface area (Å²) in [6.45, 7) is 0.504. The summed E-state index contributed by atoms with van der Waals surface area (Å²) in [5.41, 5.74) is 6.33. The Hall–Kier alpha value is -2.57. The molecule has 88 valence electrons. The van der Waals surface area contributed by atoms with Gasteiger partial charge in [0.05, 0.1) is 11.5 Å². The van der Waals surface area contributed by atoms with Gasteiger partial charge in [0.15, 0.2) is 0 Å². The van der Waals surface area contributed by atoms with Crippen LogP contribution in [0.3, 0.4) is 0 Å². The van der Waals surface area contributed by atoms with Gasteiger partial charge >= 0.3 is 0 Å². The first-order valence-corrected chi connectivity index (χ1v) is 4.93. The monoisotopic (exact) mass is 233 g/mol. The summed E-state index contributed by atoms with van der Waals surface area (Å²) in [5, 5.41) is 13.6. The van der Waals surface area contributed by atoms with Crippen molar-refractivity contribution in [2.24, 2.45) is 0 Å². The van der Waals surface area contributed by atoms with Crippen LogP contribution in [0.15, 0.2) is 30.6 Å². The highest BCUT2D eigenvalue weighted by Gasteiger charge is 2.10. The van der Waals surface area contributed by atoms with Crippen molar-refractivity contribution < 1.29 is 4.92 Å². The number of anilines is 2. The smallest absolute Gasteiger partial charge is 0.292 e. The first kappa shape index (κ1) is 10.9. The van der Waals surface area contributed by atoms with Crippen LogP contribution in [0.1, 0.15) is 5.82 Å². The van der Waals surface area contributed by atoms with E-state index in [4.69, 9.17) is 5.73 Å². The summed E-state index contributed by atoms with van der Waals surface area (Å²) < 4.78 is 0. The summed E-state index contributed by atoms with van der Waals surface area (Å²) in [7, 11) is 0. The molecule has 0 fully saturated rings. The normalized spacial score (nSPS) is 10.1. The van der Waals surface area contributed by atoms with E-state index in [0.29, 0.717) is 12.2 Å². The molecule has 0 spiro atoms. The number of hydrogen-bond acceptors (Lipinski definition) is 5. The van der Waals surface area contributed by atoms with Gasteiger partial charge in [-0.2, -0.15) is 0 Å². The molecule has 1 aromatic heterocycles. The molecule has 0 atom stereocenters. The third-order valence-corrected chi connectivity index (χ3v) is 2.24. The van der Waals surface area contributed by atoms with Crippen molar-refractivity contribution in [1.82, 2.24) is 9.97 Å². The van der Waals surface area contributed by atoms with Crippen molar-refractivity contribution in [2.75, 3.05) is 11.1 Å². The highest BCUT2D eigenvalue weighted by atomic mass is 16.6. The Balaban J connectivity index is 2.07. The molecule has 0 amide bonds. The lowest BCUT2D eigenvalue weighted by molar-refractivity contribution is -0.383. The van der Waals surface area contributed by atoms with E-state index in [9.17, 15) is 10.1 Å². The van der Waals surface area contributed by atoms with Gasteiger partial charge in [-0.1, -0.05) is 0 Å². The minimum atomic E-state index is -0.508. The Kier molecular flexibility index (Phi) is 2.91. The number of hydrogen-bond donors (Lipinski definition) is 3. The van der Waals surface area contributed by atoms with Crippen LogP contribution in [0, 0.1) is 10.1 Å². The van der Waals surface area contributed by atoms with E-state index >= 15 is 0 Å². The number of H-pyrrole nitrogens is 1. The quantitative estimate of drug-likeness (QED) is 0.421. The SMILES string of the molecule is Nc1cc(NCc2ncc[nH]2)ccc1[N+](=O)[O-]. The number of nitro benzene ring substituents is 1. The van der Waals surface area contributed by atoms with E-state index in [2.05, 4.69) is 15.3 Å². The molecule has 2 rings (SSSR count). The first-order chi connectivity index (χ1) is 8.16. The van der Waals surface area contributed by atoms with Gasteiger partial charge in [0.25, 0.3) is 5.69 Å². The molecule has 0 aliphatic heterocycles. The number of nitrogens with two attached hydrogens (primary N) is 1. The molecular formula is C10H11N5O2. The second-order valence-corrected chi connectivity index (χ2v) is 3.42. The van der Waals surface area contributed by atoms with E-state index < -0.39 is 4.92 Å². The molecule has 0 aliphatic rings. The summed E-state index contributed by atoms with van der Waals surface area (Å²) in [6.07, 6.45) is 3.38. The van der Waals surface area contributed by atoms with Crippen LogP contribution in [-0.4, -0.2) is 14.9 Å². The zero-order chi connectivity index (χ0) is 12.3. The maximum atomic E-state index is 10.6. The zero-order valence-corrected chi connectivity index (χ0v) is 8.88. The first-order valence-electron chi connectivity index (χ1n) is 4.93. The highest BCUT2D eigenvalue weighted by Crippen LogP contribution is 2.24. The van der Waals surface area contributed by atoms with Crippen molar-refractivity contribution in [3.8, 4) is 0 Å². The second-order valence-electron chi connectivity index (χ2n) is 3.42. The Morgan fingerprint density at radius 2 is 2.35 bits per heavy atom. The van der Waals surface area contributed by atoms with Crippen LogP contribution in [0.25, 0.3) is 0 Å². The summed E-state index contributed by atoms with van der Waals surface area (Å²) in [6, 6.07) is 4.51. The molecule has 4 N–H and O–H groups in total. The topological polar surface area (TPSA) is 110 Å². The number of benzene rings is 1. The number of nitrogen functional groups attached to an aromatic ring is 1. The van der Waals surface area contributed by atoms with Crippen molar-refractivity contribution in [3.63, 3.8) is 0 Å². The minimum absolute atomic E-state index is 0.0893. The average Bonchev–Trinajstić information content (AvgIpc) is 2.78. The summed E-state index contributed by atoms with van der Waals surface area (Å²) >= 11 is 0. The van der Waals surface area contributed by atoms with Crippen LogP contribution in [0.2, 0.25) is 0 Å². The van der Waals surface area contributed by atoms with Gasteiger partial charge in [-0.15, -0.1) is 0 Å². The number of nitrogens with one attached hydrogen (secondary N) is 2. The van der Waals surface area contributed by atoms with Gasteiger partial charge in [-0.05, 0) is 12.1 Å². The average molecular weight is 233 g/mol. The molecule has 0 radical (unpaired) electrons. The molecule has 7 nitrogen and oxygen atoms in total. The van der Waals surface area contributed by atoms with Crippen molar-refractivity contribution >= 4 is 17.1 Å². The fourth-order valence-corrected chi connectivity index (χ4v) is 1.41. The standard InChI is InChI=1S/C10H11N5O2/c11-8-5-7(1-2-9(8)15(16)17)14-6-10-12-3-4-13-10/h1-5,14H,6,11H2,(H,12,13). The Morgan fingerprint density at radius 3 is 2.94 bits per heavy atom. The van der Waals surface area contributed by atoms with E-state index in [-0.39, 0.29) is 11.4 Å². The van der Waals surface area contributed by atoms with Gasteiger partial charge in [-0.25, -0.2) is 4.98 Å². The minimum Gasteiger partial charge on any atom is -0.393 e. The molecule has 0 aliphatic carbocycles. The van der Waals surface area contributed by atoms with Gasteiger partial charge < -0.3 is 16.0 Å². The maximum Gasteiger partial charge on any atom is 0.292 e. The second kappa shape index (κ2) is 4.52. The molecule has 0 saturated carbocycles. The number of nitrogens with zero attached hydrogens (tertiary/aromatic N) is 2. The van der Waals surface area contributed by atoms with E-state index in [1.54, 1.807) is 18.5 Å². The lowest BCUT2D eigenvalue weighted by Crippen LogP contribution is -2.02. The molecular weight excluding hydrogens is 222 g/mol. The van der Waals surface area contributed by atoms with Crippen molar-refractivity contribution in [3.05, 3.63) is 46.5 Å². The zero-order valence-electron chi connectivity index (χ0n) is 8.88. The predicted octanol–water partition coefficient (Wildman–Crippen LogP) is 1.51. The highest BCUT2D eigenvalue weighted by molar-refractivity contribution is 5.65. The number of aromatic amines is 1. The van der Waals surface area contributed by atoms with Gasteiger partial charge in [0.2, 0.25) is 0 Å². The van der Waals surface area contributed by atoms with Gasteiger partial charge in [0.1, 0.15) is 11.5 Å². The van der Waals surface area contributed by atoms with Crippen LogP contribution in [0.4, 0.5) is 17.1 Å². The molecule has 1 aromatic carbocycles. The summed E-state index contributed by atoms with van der Waals surface area (Å²) in [5.74, 6) is 0.780. The van der Waals surface area contributed by atoms with Gasteiger partial charge in [-0.3, -0.25) is 10.1 Å². The Bertz CT molecular complexity index is 523. The van der Waals surface area contributed by atoms with Crippen molar-refractivity contribution in [2.45, 2.75) is 6.54 Å². The third kappa shape index (κ3) is 2.51. The molecule has 0 bridgehead atoms. The Labute approximate surface area is 96.8 Å². The fraction of sp³-hybridized carbons (Fsp3) is 0.100. The lowest BCUT2D eigenvalue weighted by atomic mass is 10.2. The molecule has 17 heavy (non-hydrogen) atoms. The number of imidazole rings is 1. The lowest BCUT2D eigenvalue weighted by Gasteiger charge is -2.05. The van der Waals surface area contributed by atoms with Crippen molar-refractivity contribution in [1.29, 1.82) is 0 Å². The maximum absolute atomic E-state index is 10.6. The van der Waals surface area contributed by atoms with Crippen LogP contribution in [-0.2, 0) is 6.54 Å². The van der Waals surface area contributed by atoms with Crippen LogP contribution in [0.5, 0.6) is 0 Å². The molecule has 1 heterocycles. The van der Waals surface area contributed by atoms with E-state index in [0.717, 1.165) is 5.82 Å². The van der Waals surface area contributed by atoms with Crippen LogP contribution < -0.4 is 11.1 Å². The molecule has 2 aromatic rings. The third-order valence-electron chi connectivity index (χ3n) is 2.24. The van der Waals surface area contributed by atoms with E-state index in [1.807, 2.05) is 0 Å². The van der Waals surface area contributed by atoms with E-state index in [1.165, 1.54) is 12.1 Å². The fourth-order valence-electron chi connectivity index (χ4n) is 1.41. The number of aromatic nitrogens is 2.